The fourth-order valence-electron chi connectivity index (χ4n) is 1.78. The molecule has 1 aromatic rings. The number of hydrogen-bond acceptors (Lipinski definition) is 4. The molecule has 96 valence electrons. The van der Waals surface area contributed by atoms with E-state index in [0.717, 1.165) is 12.0 Å². The molecular formula is C14H17NO3. The van der Waals surface area contributed by atoms with Crippen LogP contribution in [-0.2, 0) is 22.4 Å². The number of esters is 1. The van der Waals surface area contributed by atoms with Crippen LogP contribution in [0.15, 0.2) is 12.1 Å². The Hall–Kier alpha value is -2.02. The number of nitrogens with zero attached hydrogens (tertiary/aromatic N) is 1. The molecule has 0 bridgehead atoms. The van der Waals surface area contributed by atoms with Crippen molar-refractivity contribution < 1.29 is 14.3 Å². The van der Waals surface area contributed by atoms with Crippen LogP contribution in [0.5, 0.6) is 5.75 Å². The van der Waals surface area contributed by atoms with E-state index in [1.54, 1.807) is 13.0 Å². The van der Waals surface area contributed by atoms with Crippen molar-refractivity contribution in [2.75, 3.05) is 13.7 Å². The summed E-state index contributed by atoms with van der Waals surface area (Å²) >= 11 is 0. The lowest BCUT2D eigenvalue weighted by molar-refractivity contribution is -0.142. The monoisotopic (exact) mass is 247 g/mol. The second-order valence-electron chi connectivity index (χ2n) is 3.78. The third-order valence-electron chi connectivity index (χ3n) is 2.60. The Morgan fingerprint density at radius 2 is 2.11 bits per heavy atom. The summed E-state index contributed by atoms with van der Waals surface area (Å²) in [5.41, 5.74) is 2.16. The Morgan fingerprint density at radius 1 is 1.39 bits per heavy atom. The smallest absolute Gasteiger partial charge is 0.310 e. The Balaban J connectivity index is 3.15. The van der Waals surface area contributed by atoms with Crippen LogP contribution in [0.2, 0.25) is 0 Å². The van der Waals surface area contributed by atoms with Crippen LogP contribution >= 0.6 is 0 Å². The highest BCUT2D eigenvalue weighted by Crippen LogP contribution is 2.26. The lowest BCUT2D eigenvalue weighted by Gasteiger charge is -2.11. The SMILES string of the molecule is CCOC(=O)Cc1cc(CC)cc(C#N)c1OC. The van der Waals surface area contributed by atoms with E-state index < -0.39 is 0 Å². The molecule has 0 unspecified atom stereocenters. The average molecular weight is 247 g/mol. The van der Waals surface area contributed by atoms with Gasteiger partial charge in [0.05, 0.1) is 25.7 Å². The zero-order valence-electron chi connectivity index (χ0n) is 10.9. The Labute approximate surface area is 107 Å². The first-order valence-corrected chi connectivity index (χ1v) is 5.91. The minimum absolute atomic E-state index is 0.125. The summed E-state index contributed by atoms with van der Waals surface area (Å²) in [7, 11) is 1.50. The van der Waals surface area contributed by atoms with Gasteiger partial charge in [-0.15, -0.1) is 0 Å². The summed E-state index contributed by atoms with van der Waals surface area (Å²) in [6.07, 6.45) is 0.925. The number of carbonyl (C=O) groups is 1. The first-order valence-electron chi connectivity index (χ1n) is 5.91. The van der Waals surface area contributed by atoms with E-state index in [0.29, 0.717) is 23.5 Å². The third-order valence-corrected chi connectivity index (χ3v) is 2.60. The summed E-state index contributed by atoms with van der Waals surface area (Å²) < 4.78 is 10.1. The Bertz CT molecular complexity index is 475. The molecule has 0 saturated heterocycles. The number of aryl methyl sites for hydroxylation is 1. The normalized spacial score (nSPS) is 9.67. The molecule has 1 aromatic carbocycles. The van der Waals surface area contributed by atoms with Crippen LogP contribution < -0.4 is 4.74 Å². The molecule has 0 saturated carbocycles. The number of methoxy groups -OCH3 is 1. The minimum atomic E-state index is -0.312. The summed E-state index contributed by atoms with van der Waals surface area (Å²) in [6, 6.07) is 5.76. The van der Waals surface area contributed by atoms with Gasteiger partial charge in [-0.2, -0.15) is 5.26 Å². The van der Waals surface area contributed by atoms with Crippen molar-refractivity contribution in [3.05, 3.63) is 28.8 Å². The molecule has 4 nitrogen and oxygen atoms in total. The maximum absolute atomic E-state index is 11.5. The van der Waals surface area contributed by atoms with E-state index in [1.165, 1.54) is 7.11 Å². The Kier molecular flexibility index (Phi) is 5.19. The number of carbonyl (C=O) groups excluding carboxylic acids is 1. The van der Waals surface area contributed by atoms with Crippen molar-refractivity contribution >= 4 is 5.97 Å². The lowest BCUT2D eigenvalue weighted by Crippen LogP contribution is -2.09. The maximum atomic E-state index is 11.5. The quantitative estimate of drug-likeness (QED) is 0.749. The molecule has 1 rings (SSSR count). The fraction of sp³-hybridized carbons (Fsp3) is 0.429. The van der Waals surface area contributed by atoms with Gasteiger partial charge in [-0.3, -0.25) is 4.79 Å². The zero-order valence-corrected chi connectivity index (χ0v) is 10.9. The van der Waals surface area contributed by atoms with Gasteiger partial charge in [-0.05, 0) is 25.0 Å². The molecule has 0 spiro atoms. The largest absolute Gasteiger partial charge is 0.495 e. The molecule has 0 heterocycles. The number of benzene rings is 1. The van der Waals surface area contributed by atoms with E-state index in [2.05, 4.69) is 6.07 Å². The third kappa shape index (κ3) is 3.24. The van der Waals surface area contributed by atoms with Gasteiger partial charge in [-0.1, -0.05) is 13.0 Å². The fourth-order valence-corrected chi connectivity index (χ4v) is 1.78. The molecule has 0 radical (unpaired) electrons. The molecular weight excluding hydrogens is 230 g/mol. The van der Waals surface area contributed by atoms with Crippen LogP contribution in [0.1, 0.15) is 30.5 Å². The topological polar surface area (TPSA) is 59.3 Å². The first-order chi connectivity index (χ1) is 8.65. The van der Waals surface area contributed by atoms with Gasteiger partial charge in [0.15, 0.2) is 0 Å². The van der Waals surface area contributed by atoms with Gasteiger partial charge < -0.3 is 9.47 Å². The van der Waals surface area contributed by atoms with Crippen molar-refractivity contribution in [1.29, 1.82) is 5.26 Å². The van der Waals surface area contributed by atoms with E-state index in [1.807, 2.05) is 13.0 Å². The molecule has 0 fully saturated rings. The highest BCUT2D eigenvalue weighted by Gasteiger charge is 2.14. The molecule has 0 atom stereocenters. The minimum Gasteiger partial charge on any atom is -0.495 e. The van der Waals surface area contributed by atoms with Crippen LogP contribution in [0.25, 0.3) is 0 Å². The standard InChI is InChI=1S/C14H17NO3/c1-4-10-6-11(8-13(16)18-5-2)14(17-3)12(7-10)9-15/h6-7H,4-5,8H2,1-3H3. The van der Waals surface area contributed by atoms with Crippen LogP contribution in [-0.4, -0.2) is 19.7 Å². The van der Waals surface area contributed by atoms with Crippen molar-refractivity contribution in [3.8, 4) is 11.8 Å². The summed E-state index contributed by atoms with van der Waals surface area (Å²) in [6.45, 7) is 4.11. The highest BCUT2D eigenvalue weighted by molar-refractivity contribution is 5.74. The summed E-state index contributed by atoms with van der Waals surface area (Å²) in [5.74, 6) is 0.149. The molecule has 0 aromatic heterocycles. The summed E-state index contributed by atoms with van der Waals surface area (Å²) in [5, 5.41) is 9.09. The van der Waals surface area contributed by atoms with E-state index >= 15 is 0 Å². The second kappa shape index (κ2) is 6.65. The Morgan fingerprint density at radius 3 is 2.61 bits per heavy atom. The van der Waals surface area contributed by atoms with Gasteiger partial charge in [0.1, 0.15) is 11.8 Å². The van der Waals surface area contributed by atoms with Gasteiger partial charge in [0.2, 0.25) is 0 Å². The zero-order chi connectivity index (χ0) is 13.5. The number of nitriles is 1. The second-order valence-corrected chi connectivity index (χ2v) is 3.78. The molecule has 4 heteroatoms. The molecule has 0 aliphatic carbocycles. The highest BCUT2D eigenvalue weighted by atomic mass is 16.5. The van der Waals surface area contributed by atoms with Crippen LogP contribution in [0.4, 0.5) is 0 Å². The first kappa shape index (κ1) is 14.0. The average Bonchev–Trinajstić information content (AvgIpc) is 2.37. The van der Waals surface area contributed by atoms with Crippen molar-refractivity contribution in [2.24, 2.45) is 0 Å². The number of rotatable bonds is 5. The van der Waals surface area contributed by atoms with Crippen LogP contribution in [0, 0.1) is 11.3 Å². The number of hydrogen-bond donors (Lipinski definition) is 0. The molecule has 0 amide bonds. The van der Waals surface area contributed by atoms with Gasteiger partial charge >= 0.3 is 5.97 Å². The van der Waals surface area contributed by atoms with Crippen molar-refractivity contribution in [1.82, 2.24) is 0 Å². The lowest BCUT2D eigenvalue weighted by atomic mass is 10.0. The van der Waals surface area contributed by atoms with E-state index in [9.17, 15) is 4.79 Å². The van der Waals surface area contributed by atoms with E-state index in [4.69, 9.17) is 14.7 Å². The van der Waals surface area contributed by atoms with Crippen molar-refractivity contribution in [3.63, 3.8) is 0 Å². The maximum Gasteiger partial charge on any atom is 0.310 e. The van der Waals surface area contributed by atoms with Crippen molar-refractivity contribution in [2.45, 2.75) is 26.7 Å². The molecule has 0 aliphatic rings. The predicted octanol–water partition coefficient (Wildman–Crippen LogP) is 2.23. The number of ether oxygens (including phenoxy) is 2. The van der Waals surface area contributed by atoms with Gasteiger partial charge in [-0.25, -0.2) is 0 Å². The molecule has 0 N–H and O–H groups in total. The molecule has 18 heavy (non-hydrogen) atoms. The summed E-state index contributed by atoms with van der Waals surface area (Å²) in [4.78, 5) is 11.5. The predicted molar refractivity (Wildman–Crippen MR) is 67.4 cm³/mol. The van der Waals surface area contributed by atoms with Crippen LogP contribution in [0.3, 0.4) is 0 Å². The van der Waals surface area contributed by atoms with E-state index in [-0.39, 0.29) is 12.4 Å². The van der Waals surface area contributed by atoms with Gasteiger partial charge in [0, 0.05) is 5.56 Å². The molecule has 0 aliphatic heterocycles. The van der Waals surface area contributed by atoms with Gasteiger partial charge in [0.25, 0.3) is 0 Å².